The van der Waals surface area contributed by atoms with Crippen molar-refractivity contribution in [2.45, 2.75) is 31.1 Å². The molecule has 6 nitrogen and oxygen atoms in total. The molecule has 4 N–H and O–H groups in total. The minimum atomic E-state index is -3.68. The van der Waals surface area contributed by atoms with Crippen molar-refractivity contribution in [3.63, 3.8) is 0 Å². The number of sulfonamides is 1. The molecular formula is C16H22FIN4O2S2. The Balaban J connectivity index is 0.00000338. The predicted molar refractivity (Wildman–Crippen MR) is 114 cm³/mol. The molecule has 10 heteroatoms. The lowest BCUT2D eigenvalue weighted by Crippen LogP contribution is -2.36. The van der Waals surface area contributed by atoms with Crippen molar-refractivity contribution >= 4 is 51.3 Å². The van der Waals surface area contributed by atoms with Gasteiger partial charge in [0.05, 0.1) is 13.1 Å². The highest BCUT2D eigenvalue weighted by molar-refractivity contribution is 14.0. The van der Waals surface area contributed by atoms with E-state index in [2.05, 4.69) is 15.6 Å². The van der Waals surface area contributed by atoms with Crippen molar-refractivity contribution in [1.29, 1.82) is 0 Å². The van der Waals surface area contributed by atoms with Crippen LogP contribution in [-0.4, -0.2) is 20.9 Å². The summed E-state index contributed by atoms with van der Waals surface area (Å²) < 4.78 is 36.3. The van der Waals surface area contributed by atoms with Crippen molar-refractivity contribution in [2.24, 2.45) is 10.1 Å². The van der Waals surface area contributed by atoms with Gasteiger partial charge in [0.15, 0.2) is 5.96 Å². The summed E-state index contributed by atoms with van der Waals surface area (Å²) >= 11 is 1.11. The highest BCUT2D eigenvalue weighted by Crippen LogP contribution is 2.19. The van der Waals surface area contributed by atoms with E-state index in [0.717, 1.165) is 21.8 Å². The number of halogens is 2. The van der Waals surface area contributed by atoms with Gasteiger partial charge in [-0.25, -0.2) is 22.9 Å². The maximum Gasteiger partial charge on any atom is 0.247 e. The van der Waals surface area contributed by atoms with E-state index in [-0.39, 0.29) is 34.0 Å². The van der Waals surface area contributed by atoms with Crippen molar-refractivity contribution in [2.75, 3.05) is 6.54 Å². The number of thiophene rings is 1. The average molecular weight is 512 g/mol. The number of benzene rings is 1. The largest absolute Gasteiger partial charge is 0.357 e. The molecule has 0 spiro atoms. The Morgan fingerprint density at radius 2 is 2.00 bits per heavy atom. The maximum atomic E-state index is 13.6. The Morgan fingerprint density at radius 3 is 2.58 bits per heavy atom. The van der Waals surface area contributed by atoms with Gasteiger partial charge in [-0.3, -0.25) is 0 Å². The molecule has 0 bridgehead atoms. The van der Waals surface area contributed by atoms with Gasteiger partial charge in [-0.1, -0.05) is 12.1 Å². The van der Waals surface area contributed by atoms with Gasteiger partial charge in [0, 0.05) is 11.4 Å². The van der Waals surface area contributed by atoms with Crippen LogP contribution in [0.1, 0.15) is 22.9 Å². The standard InChI is InChI=1S/C16H21FN4O2S2.HI/c1-3-19-16(20-9-12-5-4-11(2)14(17)8-12)21-10-13-6-7-15(24-13)25(18,22)23;/h4-8H,3,9-10H2,1-2H3,(H2,18,22,23)(H2,19,20,21);1H. The van der Waals surface area contributed by atoms with E-state index < -0.39 is 10.0 Å². The second kappa shape index (κ2) is 10.2. The summed E-state index contributed by atoms with van der Waals surface area (Å²) in [6.07, 6.45) is 0. The summed E-state index contributed by atoms with van der Waals surface area (Å²) in [5, 5.41) is 11.3. The number of primary sulfonamides is 1. The van der Waals surface area contributed by atoms with E-state index in [0.29, 0.717) is 31.2 Å². The van der Waals surface area contributed by atoms with Crippen molar-refractivity contribution in [3.05, 3.63) is 52.2 Å². The van der Waals surface area contributed by atoms with Crippen LogP contribution in [0.25, 0.3) is 0 Å². The van der Waals surface area contributed by atoms with Crippen LogP contribution < -0.4 is 15.8 Å². The van der Waals surface area contributed by atoms with Gasteiger partial charge in [-0.2, -0.15) is 0 Å². The van der Waals surface area contributed by atoms with Gasteiger partial charge >= 0.3 is 0 Å². The molecule has 0 aliphatic heterocycles. The Labute approximate surface area is 174 Å². The van der Waals surface area contributed by atoms with E-state index in [1.54, 1.807) is 19.1 Å². The van der Waals surface area contributed by atoms with Gasteiger partial charge in [0.25, 0.3) is 0 Å². The van der Waals surface area contributed by atoms with Crippen LogP contribution in [0.3, 0.4) is 0 Å². The molecule has 1 aromatic carbocycles. The van der Waals surface area contributed by atoms with E-state index in [1.165, 1.54) is 12.1 Å². The summed E-state index contributed by atoms with van der Waals surface area (Å²) in [6.45, 7) is 5.06. The van der Waals surface area contributed by atoms with Crippen LogP contribution in [0.15, 0.2) is 39.5 Å². The number of nitrogens with two attached hydrogens (primary N) is 1. The number of hydrogen-bond acceptors (Lipinski definition) is 4. The zero-order valence-corrected chi connectivity index (χ0v) is 18.4. The molecule has 144 valence electrons. The number of nitrogens with zero attached hydrogens (tertiary/aromatic N) is 1. The monoisotopic (exact) mass is 512 g/mol. The number of rotatable bonds is 6. The molecular weight excluding hydrogens is 490 g/mol. The molecule has 0 radical (unpaired) electrons. The quantitative estimate of drug-likeness (QED) is 0.315. The lowest BCUT2D eigenvalue weighted by atomic mass is 10.1. The Kier molecular flexibility index (Phi) is 8.93. The van der Waals surface area contributed by atoms with Crippen molar-refractivity contribution in [1.82, 2.24) is 10.6 Å². The molecule has 26 heavy (non-hydrogen) atoms. The van der Waals surface area contributed by atoms with E-state index >= 15 is 0 Å². The first-order valence-corrected chi connectivity index (χ1v) is 10.0. The third-order valence-electron chi connectivity index (χ3n) is 3.35. The zero-order chi connectivity index (χ0) is 18.4. The number of aliphatic imine (C=N–C) groups is 1. The van der Waals surface area contributed by atoms with Crippen molar-refractivity contribution in [3.8, 4) is 0 Å². The smallest absolute Gasteiger partial charge is 0.247 e. The average Bonchev–Trinajstić information content (AvgIpc) is 3.02. The maximum absolute atomic E-state index is 13.6. The van der Waals surface area contributed by atoms with Gasteiger partial charge in [0.2, 0.25) is 10.0 Å². The van der Waals surface area contributed by atoms with Gasteiger partial charge in [-0.05, 0) is 43.2 Å². The normalized spacial score (nSPS) is 11.8. The fourth-order valence-corrected chi connectivity index (χ4v) is 3.74. The van der Waals surface area contributed by atoms with Crippen LogP contribution >= 0.6 is 35.3 Å². The first-order chi connectivity index (χ1) is 11.8. The summed E-state index contributed by atoms with van der Waals surface area (Å²) in [5.74, 6) is 0.314. The van der Waals surface area contributed by atoms with Crippen molar-refractivity contribution < 1.29 is 12.8 Å². The fourth-order valence-electron chi connectivity index (χ4n) is 2.02. The summed E-state index contributed by atoms with van der Waals surface area (Å²) in [7, 11) is -3.68. The topological polar surface area (TPSA) is 96.6 Å². The first-order valence-electron chi connectivity index (χ1n) is 7.68. The Bertz CT molecular complexity index is 869. The molecule has 0 fully saturated rings. The zero-order valence-electron chi connectivity index (χ0n) is 14.5. The molecule has 0 aliphatic rings. The lowest BCUT2D eigenvalue weighted by molar-refractivity contribution is 0.599. The highest BCUT2D eigenvalue weighted by atomic mass is 127. The molecule has 2 rings (SSSR count). The minimum Gasteiger partial charge on any atom is -0.357 e. The Morgan fingerprint density at radius 1 is 1.27 bits per heavy atom. The lowest BCUT2D eigenvalue weighted by Gasteiger charge is -2.10. The molecule has 0 amide bonds. The molecule has 0 aliphatic carbocycles. The molecule has 0 saturated carbocycles. The number of nitrogens with one attached hydrogen (secondary N) is 2. The fraction of sp³-hybridized carbons (Fsp3) is 0.312. The molecule has 0 atom stereocenters. The second-order valence-electron chi connectivity index (χ2n) is 5.40. The van der Waals surface area contributed by atoms with E-state index in [9.17, 15) is 12.8 Å². The number of hydrogen-bond donors (Lipinski definition) is 3. The molecule has 1 aromatic heterocycles. The van der Waals surface area contributed by atoms with Gasteiger partial charge in [0.1, 0.15) is 10.0 Å². The summed E-state index contributed by atoms with van der Waals surface area (Å²) in [4.78, 5) is 5.23. The molecule has 2 aromatic rings. The third-order valence-corrected chi connectivity index (χ3v) is 5.87. The third kappa shape index (κ3) is 6.82. The highest BCUT2D eigenvalue weighted by Gasteiger charge is 2.11. The van der Waals surface area contributed by atoms with Crippen LogP contribution in [0.5, 0.6) is 0 Å². The Hall–Kier alpha value is -1.24. The molecule has 0 saturated heterocycles. The molecule has 1 heterocycles. The molecule has 0 unspecified atom stereocenters. The van der Waals surface area contributed by atoms with Crippen LogP contribution in [0, 0.1) is 12.7 Å². The van der Waals surface area contributed by atoms with Gasteiger partial charge < -0.3 is 10.6 Å². The van der Waals surface area contributed by atoms with E-state index in [4.69, 9.17) is 5.14 Å². The first kappa shape index (κ1) is 22.8. The number of guanidine groups is 1. The second-order valence-corrected chi connectivity index (χ2v) is 8.35. The van der Waals surface area contributed by atoms with E-state index in [1.807, 2.05) is 13.0 Å². The van der Waals surface area contributed by atoms with Crippen LogP contribution in [0.4, 0.5) is 4.39 Å². The summed E-state index contributed by atoms with van der Waals surface area (Å²) in [5.41, 5.74) is 1.37. The van der Waals surface area contributed by atoms with Gasteiger partial charge in [-0.15, -0.1) is 35.3 Å². The van der Waals surface area contributed by atoms with Crippen LogP contribution in [-0.2, 0) is 23.1 Å². The SMILES string of the molecule is CCNC(=NCc1ccc(C)c(F)c1)NCc1ccc(S(N)(=O)=O)s1.I. The number of aryl methyl sites for hydroxylation is 1. The summed E-state index contributed by atoms with van der Waals surface area (Å²) in [6, 6.07) is 8.22. The minimum absolute atomic E-state index is 0. The predicted octanol–water partition coefficient (Wildman–Crippen LogP) is 2.72. The van der Waals surface area contributed by atoms with Crippen LogP contribution in [0.2, 0.25) is 0 Å².